The molecule has 1 heterocycles. The summed E-state index contributed by atoms with van der Waals surface area (Å²) in [5.41, 5.74) is 0. The van der Waals surface area contributed by atoms with E-state index in [4.69, 9.17) is 9.47 Å². The maximum absolute atomic E-state index is 10.1. The normalized spacial score (nSPS) is 13.3. The first-order chi connectivity index (χ1) is 9.61. The second-order valence-electron chi connectivity index (χ2n) is 5.39. The molecule has 0 aliphatic carbocycles. The summed E-state index contributed by atoms with van der Waals surface area (Å²) in [6, 6.07) is 4.17. The van der Waals surface area contributed by atoms with Crippen molar-refractivity contribution in [1.82, 2.24) is 4.90 Å². The topological polar surface area (TPSA) is 41.9 Å². The van der Waals surface area contributed by atoms with Crippen LogP contribution in [0, 0.1) is 5.92 Å². The number of hydrogen-bond acceptors (Lipinski definition) is 5. The van der Waals surface area contributed by atoms with Crippen molar-refractivity contribution in [3.05, 3.63) is 22.4 Å². The van der Waals surface area contributed by atoms with Gasteiger partial charge in [-0.3, -0.25) is 4.90 Å². The fourth-order valence-corrected chi connectivity index (χ4v) is 2.61. The average molecular weight is 301 g/mol. The molecule has 0 spiro atoms. The van der Waals surface area contributed by atoms with E-state index in [0.29, 0.717) is 32.3 Å². The molecule has 0 radical (unpaired) electrons. The van der Waals surface area contributed by atoms with Crippen LogP contribution in [-0.4, -0.2) is 56.1 Å². The van der Waals surface area contributed by atoms with Gasteiger partial charge in [0, 0.05) is 38.2 Å². The standard InChI is InChI=1S/C15H27NO3S/c1-13(2)11-19-12-14(17)9-16(6-7-18-3)10-15-5-4-8-20-15/h4-5,8,13-14,17H,6-7,9-12H2,1-3H3/t14-/m0/s1. The Kier molecular flexibility index (Phi) is 9.05. The van der Waals surface area contributed by atoms with Gasteiger partial charge in [-0.2, -0.15) is 0 Å². The molecule has 1 aromatic rings. The minimum atomic E-state index is -0.453. The van der Waals surface area contributed by atoms with Crippen molar-refractivity contribution in [2.75, 3.05) is 40.0 Å². The zero-order chi connectivity index (χ0) is 14.8. The fourth-order valence-electron chi connectivity index (χ4n) is 1.87. The van der Waals surface area contributed by atoms with Crippen molar-refractivity contribution in [2.24, 2.45) is 5.92 Å². The molecule has 0 aromatic carbocycles. The highest BCUT2D eigenvalue weighted by atomic mass is 32.1. The van der Waals surface area contributed by atoms with Gasteiger partial charge in [0.25, 0.3) is 0 Å². The van der Waals surface area contributed by atoms with E-state index in [2.05, 4.69) is 36.3 Å². The summed E-state index contributed by atoms with van der Waals surface area (Å²) in [5.74, 6) is 0.498. The molecule has 0 amide bonds. The zero-order valence-electron chi connectivity index (χ0n) is 12.7. The van der Waals surface area contributed by atoms with Gasteiger partial charge in [-0.1, -0.05) is 19.9 Å². The molecule has 20 heavy (non-hydrogen) atoms. The van der Waals surface area contributed by atoms with E-state index in [9.17, 15) is 5.11 Å². The Morgan fingerprint density at radius 2 is 2.15 bits per heavy atom. The molecular weight excluding hydrogens is 274 g/mol. The molecule has 1 rings (SSSR count). The summed E-state index contributed by atoms with van der Waals surface area (Å²) in [6.45, 7) is 8.25. The van der Waals surface area contributed by atoms with Crippen molar-refractivity contribution in [1.29, 1.82) is 0 Å². The van der Waals surface area contributed by atoms with Crippen LogP contribution in [0.25, 0.3) is 0 Å². The van der Waals surface area contributed by atoms with E-state index in [-0.39, 0.29) is 0 Å². The van der Waals surface area contributed by atoms with Crippen molar-refractivity contribution in [3.63, 3.8) is 0 Å². The number of hydrogen-bond donors (Lipinski definition) is 1. The van der Waals surface area contributed by atoms with E-state index < -0.39 is 6.10 Å². The molecule has 1 atom stereocenters. The number of thiophene rings is 1. The molecule has 0 saturated carbocycles. The van der Waals surface area contributed by atoms with Gasteiger partial charge in [0.2, 0.25) is 0 Å². The summed E-state index contributed by atoms with van der Waals surface area (Å²) in [7, 11) is 1.70. The number of rotatable bonds is 11. The fraction of sp³-hybridized carbons (Fsp3) is 0.733. The summed E-state index contributed by atoms with van der Waals surface area (Å²) >= 11 is 1.74. The number of aliphatic hydroxyl groups excluding tert-OH is 1. The van der Waals surface area contributed by atoms with E-state index >= 15 is 0 Å². The van der Waals surface area contributed by atoms with Crippen molar-refractivity contribution < 1.29 is 14.6 Å². The summed E-state index contributed by atoms with van der Waals surface area (Å²) in [4.78, 5) is 3.51. The third kappa shape index (κ3) is 7.97. The number of ether oxygens (including phenoxy) is 2. The minimum absolute atomic E-state index is 0.395. The first kappa shape index (κ1) is 17.6. The molecule has 0 fully saturated rings. The summed E-state index contributed by atoms with van der Waals surface area (Å²) in [6.07, 6.45) is -0.453. The molecule has 0 saturated heterocycles. The smallest absolute Gasteiger partial charge is 0.0900 e. The second kappa shape index (κ2) is 10.3. The van der Waals surface area contributed by atoms with Gasteiger partial charge in [-0.15, -0.1) is 11.3 Å². The van der Waals surface area contributed by atoms with Crippen molar-refractivity contribution in [2.45, 2.75) is 26.5 Å². The van der Waals surface area contributed by atoms with Gasteiger partial charge in [0.1, 0.15) is 0 Å². The van der Waals surface area contributed by atoms with Gasteiger partial charge in [-0.05, 0) is 17.4 Å². The van der Waals surface area contributed by atoms with Crippen LogP contribution in [0.1, 0.15) is 18.7 Å². The van der Waals surface area contributed by atoms with Gasteiger partial charge in [-0.25, -0.2) is 0 Å². The van der Waals surface area contributed by atoms with Crippen LogP contribution in [0.5, 0.6) is 0 Å². The Morgan fingerprint density at radius 3 is 2.75 bits per heavy atom. The Morgan fingerprint density at radius 1 is 1.35 bits per heavy atom. The Balaban J connectivity index is 2.34. The molecule has 1 aromatic heterocycles. The molecule has 0 unspecified atom stereocenters. The van der Waals surface area contributed by atoms with Crippen LogP contribution in [0.15, 0.2) is 17.5 Å². The maximum Gasteiger partial charge on any atom is 0.0900 e. The summed E-state index contributed by atoms with van der Waals surface area (Å²) < 4.78 is 10.6. The summed E-state index contributed by atoms with van der Waals surface area (Å²) in [5, 5.41) is 12.1. The van der Waals surface area contributed by atoms with Gasteiger partial charge in [0.15, 0.2) is 0 Å². The monoisotopic (exact) mass is 301 g/mol. The predicted octanol–water partition coefficient (Wildman–Crippen LogP) is 2.23. The SMILES string of the molecule is COCCN(Cc1cccs1)C[C@H](O)COCC(C)C. The average Bonchev–Trinajstić information content (AvgIpc) is 2.88. The van der Waals surface area contributed by atoms with E-state index in [1.54, 1.807) is 18.4 Å². The predicted molar refractivity (Wildman–Crippen MR) is 83.1 cm³/mol. The Bertz CT molecular complexity index is 330. The highest BCUT2D eigenvalue weighted by molar-refractivity contribution is 7.09. The van der Waals surface area contributed by atoms with Crippen molar-refractivity contribution >= 4 is 11.3 Å². The molecule has 0 aliphatic heterocycles. The van der Waals surface area contributed by atoms with Crippen LogP contribution in [-0.2, 0) is 16.0 Å². The van der Waals surface area contributed by atoms with Crippen LogP contribution in [0.3, 0.4) is 0 Å². The largest absolute Gasteiger partial charge is 0.389 e. The lowest BCUT2D eigenvalue weighted by Crippen LogP contribution is -2.36. The Labute approximate surface area is 126 Å². The second-order valence-corrected chi connectivity index (χ2v) is 6.42. The molecule has 1 N–H and O–H groups in total. The van der Waals surface area contributed by atoms with Gasteiger partial charge in [0.05, 0.1) is 19.3 Å². The third-order valence-corrected chi connectivity index (χ3v) is 3.66. The molecular formula is C15H27NO3S. The number of nitrogens with zero attached hydrogens (tertiary/aromatic N) is 1. The number of methoxy groups -OCH3 is 1. The highest BCUT2D eigenvalue weighted by Crippen LogP contribution is 2.12. The third-order valence-electron chi connectivity index (χ3n) is 2.80. The van der Waals surface area contributed by atoms with E-state index in [1.165, 1.54) is 4.88 Å². The first-order valence-electron chi connectivity index (χ1n) is 7.11. The van der Waals surface area contributed by atoms with Crippen LogP contribution in [0.4, 0.5) is 0 Å². The molecule has 4 nitrogen and oxygen atoms in total. The lowest BCUT2D eigenvalue weighted by atomic mass is 10.2. The Hall–Kier alpha value is -0.460. The highest BCUT2D eigenvalue weighted by Gasteiger charge is 2.13. The minimum Gasteiger partial charge on any atom is -0.389 e. The van der Waals surface area contributed by atoms with Gasteiger partial charge < -0.3 is 14.6 Å². The van der Waals surface area contributed by atoms with Crippen LogP contribution >= 0.6 is 11.3 Å². The number of aliphatic hydroxyl groups is 1. The quantitative estimate of drug-likeness (QED) is 0.680. The van der Waals surface area contributed by atoms with E-state index in [1.807, 2.05) is 0 Å². The molecule has 116 valence electrons. The van der Waals surface area contributed by atoms with E-state index in [0.717, 1.165) is 13.1 Å². The molecule has 5 heteroatoms. The molecule has 0 aliphatic rings. The molecule has 0 bridgehead atoms. The lowest BCUT2D eigenvalue weighted by molar-refractivity contribution is 0.00352. The maximum atomic E-state index is 10.1. The van der Waals surface area contributed by atoms with Crippen LogP contribution in [0.2, 0.25) is 0 Å². The first-order valence-corrected chi connectivity index (χ1v) is 7.99. The lowest BCUT2D eigenvalue weighted by Gasteiger charge is -2.24. The van der Waals surface area contributed by atoms with Crippen molar-refractivity contribution in [3.8, 4) is 0 Å². The van der Waals surface area contributed by atoms with Gasteiger partial charge >= 0.3 is 0 Å². The zero-order valence-corrected chi connectivity index (χ0v) is 13.6. The van der Waals surface area contributed by atoms with Crippen LogP contribution < -0.4 is 0 Å².